The van der Waals surface area contributed by atoms with Crippen LogP contribution in [-0.4, -0.2) is 35.4 Å². The van der Waals surface area contributed by atoms with Gasteiger partial charge in [-0.05, 0) is 27.3 Å². The fourth-order valence-corrected chi connectivity index (χ4v) is 1.23. The Balaban J connectivity index is 0.00000169. The van der Waals surface area contributed by atoms with Crippen LogP contribution in [0.15, 0.2) is 0 Å². The molecule has 14 heavy (non-hydrogen) atoms. The molecule has 1 aliphatic heterocycles. The summed E-state index contributed by atoms with van der Waals surface area (Å²) in [5.41, 5.74) is -1.84. The number of rotatable bonds is 1. The number of carbonyl (C=O) groups excluding carboxylic acids is 1. The van der Waals surface area contributed by atoms with E-state index in [0.29, 0.717) is 19.5 Å². The van der Waals surface area contributed by atoms with Gasteiger partial charge in [0.2, 0.25) is 0 Å². The summed E-state index contributed by atoms with van der Waals surface area (Å²) in [6, 6.07) is 0. The summed E-state index contributed by atoms with van der Waals surface area (Å²) >= 11 is 0. The van der Waals surface area contributed by atoms with Gasteiger partial charge in [-0.3, -0.25) is 0 Å². The molecule has 0 saturated carbocycles. The van der Waals surface area contributed by atoms with Crippen LogP contribution in [0.25, 0.3) is 0 Å². The van der Waals surface area contributed by atoms with Crippen LogP contribution in [-0.2, 0) is 9.53 Å². The molecule has 0 aromatic rings. The molecule has 0 aromatic heterocycles. The van der Waals surface area contributed by atoms with Gasteiger partial charge in [0.1, 0.15) is 5.60 Å². The minimum Gasteiger partial charge on any atom is -0.458 e. The highest BCUT2D eigenvalue weighted by molar-refractivity contribution is 5.85. The zero-order chi connectivity index (χ0) is 10.1. The van der Waals surface area contributed by atoms with E-state index >= 15 is 0 Å². The van der Waals surface area contributed by atoms with Crippen molar-refractivity contribution in [1.29, 1.82) is 0 Å². The van der Waals surface area contributed by atoms with Crippen LogP contribution in [0, 0.1) is 0 Å². The van der Waals surface area contributed by atoms with E-state index < -0.39 is 17.2 Å². The zero-order valence-electron chi connectivity index (χ0n) is 8.79. The summed E-state index contributed by atoms with van der Waals surface area (Å²) in [5, 5.41) is 12.7. The Hall–Kier alpha value is -0.320. The number of halogens is 1. The Morgan fingerprint density at radius 3 is 2.43 bits per heavy atom. The number of nitrogens with one attached hydrogen (secondary N) is 1. The first-order chi connectivity index (χ1) is 5.83. The molecule has 1 atom stereocenters. The first-order valence-corrected chi connectivity index (χ1v) is 4.50. The van der Waals surface area contributed by atoms with E-state index in [1.165, 1.54) is 0 Å². The van der Waals surface area contributed by atoms with Crippen molar-refractivity contribution in [3.05, 3.63) is 0 Å². The fraction of sp³-hybridized carbons (Fsp3) is 0.889. The highest BCUT2D eigenvalue weighted by atomic mass is 35.5. The average molecular weight is 224 g/mol. The number of carbonyl (C=O) groups is 1. The van der Waals surface area contributed by atoms with Gasteiger partial charge < -0.3 is 15.2 Å². The number of aliphatic hydroxyl groups is 1. The second-order valence-corrected chi connectivity index (χ2v) is 4.46. The average Bonchev–Trinajstić information content (AvgIpc) is 2.33. The molecule has 0 amide bonds. The van der Waals surface area contributed by atoms with E-state index in [2.05, 4.69) is 5.32 Å². The van der Waals surface area contributed by atoms with Gasteiger partial charge in [0, 0.05) is 13.0 Å². The van der Waals surface area contributed by atoms with Crippen LogP contribution >= 0.6 is 12.4 Å². The van der Waals surface area contributed by atoms with Crippen LogP contribution < -0.4 is 5.32 Å². The lowest BCUT2D eigenvalue weighted by Gasteiger charge is -2.26. The van der Waals surface area contributed by atoms with Crippen molar-refractivity contribution in [3.63, 3.8) is 0 Å². The van der Waals surface area contributed by atoms with E-state index in [9.17, 15) is 9.90 Å². The van der Waals surface area contributed by atoms with Gasteiger partial charge in [0.15, 0.2) is 5.60 Å². The van der Waals surface area contributed by atoms with E-state index in [4.69, 9.17) is 4.74 Å². The highest BCUT2D eigenvalue weighted by Crippen LogP contribution is 2.19. The van der Waals surface area contributed by atoms with Crippen molar-refractivity contribution in [2.45, 2.75) is 38.4 Å². The summed E-state index contributed by atoms with van der Waals surface area (Å²) in [6.45, 7) is 6.32. The molecule has 1 saturated heterocycles. The molecular weight excluding hydrogens is 206 g/mol. The van der Waals surface area contributed by atoms with E-state index in [-0.39, 0.29) is 12.4 Å². The van der Waals surface area contributed by atoms with E-state index in [1.54, 1.807) is 20.8 Å². The molecule has 0 aliphatic carbocycles. The minimum absolute atomic E-state index is 0. The maximum absolute atomic E-state index is 11.5. The first-order valence-electron chi connectivity index (χ1n) is 4.50. The summed E-state index contributed by atoms with van der Waals surface area (Å²) in [4.78, 5) is 11.5. The lowest BCUT2D eigenvalue weighted by Crippen LogP contribution is -2.45. The molecule has 1 unspecified atom stereocenters. The smallest absolute Gasteiger partial charge is 0.340 e. The van der Waals surface area contributed by atoms with Crippen molar-refractivity contribution < 1.29 is 14.6 Å². The quantitative estimate of drug-likeness (QED) is 0.635. The predicted octanol–water partition coefficient (Wildman–Crippen LogP) is 0.474. The van der Waals surface area contributed by atoms with Crippen LogP contribution in [0.3, 0.4) is 0 Å². The van der Waals surface area contributed by atoms with Crippen molar-refractivity contribution in [2.75, 3.05) is 13.1 Å². The molecule has 0 bridgehead atoms. The maximum atomic E-state index is 11.5. The molecule has 2 N–H and O–H groups in total. The monoisotopic (exact) mass is 223 g/mol. The molecule has 1 fully saturated rings. The van der Waals surface area contributed by atoms with Gasteiger partial charge in [0.25, 0.3) is 0 Å². The Morgan fingerprint density at radius 2 is 2.07 bits per heavy atom. The van der Waals surface area contributed by atoms with Crippen molar-refractivity contribution >= 4 is 18.4 Å². The number of hydrogen-bond acceptors (Lipinski definition) is 4. The largest absolute Gasteiger partial charge is 0.458 e. The van der Waals surface area contributed by atoms with Gasteiger partial charge >= 0.3 is 5.97 Å². The predicted molar refractivity (Wildman–Crippen MR) is 55.5 cm³/mol. The lowest BCUT2D eigenvalue weighted by atomic mass is 10.0. The van der Waals surface area contributed by atoms with E-state index in [0.717, 1.165) is 0 Å². The van der Waals surface area contributed by atoms with E-state index in [1.807, 2.05) is 0 Å². The molecular formula is C9H18ClNO3. The van der Waals surface area contributed by atoms with Crippen molar-refractivity contribution in [3.8, 4) is 0 Å². The van der Waals surface area contributed by atoms with Crippen molar-refractivity contribution in [1.82, 2.24) is 5.32 Å². The lowest BCUT2D eigenvalue weighted by molar-refractivity contribution is -0.175. The second-order valence-electron chi connectivity index (χ2n) is 4.46. The number of hydrogen-bond donors (Lipinski definition) is 2. The normalized spacial score (nSPS) is 26.9. The number of β-amino-alcohol motifs (C(OH)–C–C–N with tert-alkyl or cyclic N) is 1. The number of ether oxygens (including phenoxy) is 1. The van der Waals surface area contributed by atoms with Gasteiger partial charge in [-0.25, -0.2) is 4.79 Å². The Morgan fingerprint density at radius 1 is 1.50 bits per heavy atom. The van der Waals surface area contributed by atoms with Gasteiger partial charge in [0.05, 0.1) is 0 Å². The van der Waals surface area contributed by atoms with Gasteiger partial charge in [-0.15, -0.1) is 12.4 Å². The van der Waals surface area contributed by atoms with Crippen molar-refractivity contribution in [2.24, 2.45) is 0 Å². The molecule has 1 aliphatic rings. The molecule has 5 heteroatoms. The fourth-order valence-electron chi connectivity index (χ4n) is 1.23. The second kappa shape index (κ2) is 4.47. The Bertz CT molecular complexity index is 207. The highest BCUT2D eigenvalue weighted by Gasteiger charge is 2.42. The third-order valence-electron chi connectivity index (χ3n) is 1.91. The van der Waals surface area contributed by atoms with Crippen LogP contribution in [0.5, 0.6) is 0 Å². The Labute approximate surface area is 90.4 Å². The van der Waals surface area contributed by atoms with Gasteiger partial charge in [-0.1, -0.05) is 0 Å². The SMILES string of the molecule is CC(C)(C)OC(=O)C1(O)CCNC1.Cl. The molecule has 0 spiro atoms. The summed E-state index contributed by atoms with van der Waals surface area (Å²) in [7, 11) is 0. The first kappa shape index (κ1) is 13.7. The number of esters is 1. The molecule has 0 radical (unpaired) electrons. The third kappa shape index (κ3) is 3.44. The summed E-state index contributed by atoms with van der Waals surface area (Å²) in [5.74, 6) is -0.523. The summed E-state index contributed by atoms with van der Waals surface area (Å²) < 4.78 is 5.10. The summed E-state index contributed by atoms with van der Waals surface area (Å²) in [6.07, 6.45) is 0.432. The Kier molecular flexibility index (Phi) is 4.36. The molecule has 1 rings (SSSR count). The topological polar surface area (TPSA) is 58.6 Å². The third-order valence-corrected chi connectivity index (χ3v) is 1.91. The van der Waals surface area contributed by atoms with Gasteiger partial charge in [-0.2, -0.15) is 0 Å². The molecule has 4 nitrogen and oxygen atoms in total. The molecule has 0 aromatic carbocycles. The van der Waals surface area contributed by atoms with Crippen LogP contribution in [0.1, 0.15) is 27.2 Å². The molecule has 84 valence electrons. The zero-order valence-corrected chi connectivity index (χ0v) is 9.61. The standard InChI is InChI=1S/C9H17NO3.ClH/c1-8(2,3)13-7(11)9(12)4-5-10-6-9;/h10,12H,4-6H2,1-3H3;1H. The maximum Gasteiger partial charge on any atom is 0.340 e. The molecule has 1 heterocycles. The minimum atomic E-state index is -1.31. The van der Waals surface area contributed by atoms with Crippen LogP contribution in [0.2, 0.25) is 0 Å². The van der Waals surface area contributed by atoms with Crippen LogP contribution in [0.4, 0.5) is 0 Å².